The number of fused-ring (bicyclic) bond motifs is 3. The molecule has 3 aliphatic rings. The van der Waals surface area contributed by atoms with Crippen molar-refractivity contribution in [2.24, 2.45) is 17.1 Å². The zero-order chi connectivity index (χ0) is 18.1. The summed E-state index contributed by atoms with van der Waals surface area (Å²) in [6.45, 7) is 4.72. The van der Waals surface area contributed by atoms with Gasteiger partial charge in [-0.3, -0.25) is 0 Å². The third-order valence-electron chi connectivity index (χ3n) is 7.88. The number of hydrogen-bond donors (Lipinski definition) is 2. The molecule has 0 radical (unpaired) electrons. The van der Waals surface area contributed by atoms with Gasteiger partial charge >= 0.3 is 0 Å². The van der Waals surface area contributed by atoms with E-state index in [-0.39, 0.29) is 16.9 Å². The fraction of sp³-hybridized carbons (Fsp3) is 0.417. The lowest BCUT2D eigenvalue weighted by Gasteiger charge is -2.58. The maximum absolute atomic E-state index is 10.2. The summed E-state index contributed by atoms with van der Waals surface area (Å²) in [5, 5.41) is 10.2. The molecule has 1 fully saturated rings. The van der Waals surface area contributed by atoms with E-state index in [9.17, 15) is 5.11 Å². The average molecular weight is 345 g/mol. The second kappa shape index (κ2) is 5.23. The molecule has 26 heavy (non-hydrogen) atoms. The first-order valence-corrected chi connectivity index (χ1v) is 9.84. The second-order valence-corrected chi connectivity index (χ2v) is 8.74. The fourth-order valence-corrected chi connectivity index (χ4v) is 6.68. The molecular weight excluding hydrogens is 318 g/mol. The van der Waals surface area contributed by atoms with Crippen LogP contribution in [0.25, 0.3) is 5.57 Å². The van der Waals surface area contributed by atoms with Crippen molar-refractivity contribution in [1.29, 1.82) is 0 Å². The predicted octanol–water partition coefficient (Wildman–Crippen LogP) is 4.81. The molecule has 0 saturated heterocycles. The minimum absolute atomic E-state index is 0.0296. The average Bonchev–Trinajstić information content (AvgIpc) is 2.78. The molecule has 1 unspecified atom stereocenters. The Bertz CT molecular complexity index is 915. The third-order valence-corrected chi connectivity index (χ3v) is 7.88. The largest absolute Gasteiger partial charge is 0.508 e. The number of aromatic hydroxyl groups is 1. The summed E-state index contributed by atoms with van der Waals surface area (Å²) in [5.74, 6) is 0.856. The summed E-state index contributed by atoms with van der Waals surface area (Å²) in [6, 6.07) is 17.0. The molecule has 3 N–H and O–H groups in total. The van der Waals surface area contributed by atoms with Crippen molar-refractivity contribution < 1.29 is 5.11 Å². The first kappa shape index (κ1) is 16.1. The molecule has 2 bridgehead atoms. The Morgan fingerprint density at radius 1 is 1.08 bits per heavy atom. The highest BCUT2D eigenvalue weighted by Crippen LogP contribution is 2.69. The lowest BCUT2D eigenvalue weighted by atomic mass is 9.46. The molecule has 0 heterocycles. The Balaban J connectivity index is 1.80. The molecule has 5 rings (SSSR count). The summed E-state index contributed by atoms with van der Waals surface area (Å²) in [7, 11) is 0. The highest BCUT2D eigenvalue weighted by molar-refractivity contribution is 5.80. The van der Waals surface area contributed by atoms with Gasteiger partial charge < -0.3 is 10.8 Å². The molecule has 0 aromatic heterocycles. The SMILES string of the molecule is CC1=C(c2ccccc2)[C@]23CCc4ccc(O)cc4[C@]2(C)CC[C@H]1C3N. The Kier molecular flexibility index (Phi) is 3.25. The van der Waals surface area contributed by atoms with Crippen LogP contribution < -0.4 is 5.73 Å². The summed E-state index contributed by atoms with van der Waals surface area (Å²) < 4.78 is 0. The van der Waals surface area contributed by atoms with Crippen LogP contribution in [-0.2, 0) is 11.8 Å². The van der Waals surface area contributed by atoms with Crippen LogP contribution in [0.4, 0.5) is 0 Å². The molecule has 2 aromatic carbocycles. The fourth-order valence-electron chi connectivity index (χ4n) is 6.68. The van der Waals surface area contributed by atoms with Gasteiger partial charge in [-0.25, -0.2) is 0 Å². The van der Waals surface area contributed by atoms with Crippen LogP contribution in [0.1, 0.15) is 49.8 Å². The third kappa shape index (κ3) is 1.76. The van der Waals surface area contributed by atoms with Crippen molar-refractivity contribution in [1.82, 2.24) is 0 Å². The van der Waals surface area contributed by atoms with Crippen molar-refractivity contribution in [3.8, 4) is 5.75 Å². The summed E-state index contributed by atoms with van der Waals surface area (Å²) in [6.07, 6.45) is 4.40. The molecule has 1 spiro atoms. The van der Waals surface area contributed by atoms with Crippen LogP contribution >= 0.6 is 0 Å². The monoisotopic (exact) mass is 345 g/mol. The molecule has 2 heteroatoms. The van der Waals surface area contributed by atoms with Gasteiger partial charge in [0.05, 0.1) is 0 Å². The van der Waals surface area contributed by atoms with Crippen LogP contribution in [-0.4, -0.2) is 11.1 Å². The van der Waals surface area contributed by atoms with Crippen molar-refractivity contribution in [3.63, 3.8) is 0 Å². The van der Waals surface area contributed by atoms with Crippen LogP contribution in [0.3, 0.4) is 0 Å². The van der Waals surface area contributed by atoms with Crippen molar-refractivity contribution >= 4 is 5.57 Å². The minimum atomic E-state index is -0.0395. The van der Waals surface area contributed by atoms with Crippen LogP contribution in [0.2, 0.25) is 0 Å². The van der Waals surface area contributed by atoms with E-state index in [4.69, 9.17) is 5.73 Å². The van der Waals surface area contributed by atoms with Gasteiger partial charge in [-0.15, -0.1) is 0 Å². The van der Waals surface area contributed by atoms with E-state index in [0.717, 1.165) is 25.7 Å². The van der Waals surface area contributed by atoms with Gasteiger partial charge in [-0.05, 0) is 72.9 Å². The maximum atomic E-state index is 10.2. The van der Waals surface area contributed by atoms with E-state index in [0.29, 0.717) is 11.7 Å². The number of nitrogens with two attached hydrogens (primary N) is 1. The standard InChI is InChI=1S/C24H27NO/c1-15-19-11-12-23(2)20-14-18(26)9-8-16(20)10-13-24(23,22(19)25)21(15)17-6-4-3-5-7-17/h3-9,14,19,22,26H,10-13,25H2,1-2H3/t19-,22?,23+,24+/m1/s1. The van der Waals surface area contributed by atoms with Gasteiger partial charge in [0.15, 0.2) is 0 Å². The molecule has 134 valence electrons. The molecule has 4 atom stereocenters. The molecule has 0 aliphatic heterocycles. The zero-order valence-electron chi connectivity index (χ0n) is 15.6. The van der Waals surface area contributed by atoms with E-state index < -0.39 is 0 Å². The second-order valence-electron chi connectivity index (χ2n) is 8.74. The van der Waals surface area contributed by atoms with Crippen molar-refractivity contribution in [2.45, 2.75) is 51.0 Å². The Morgan fingerprint density at radius 2 is 1.85 bits per heavy atom. The van der Waals surface area contributed by atoms with Crippen LogP contribution in [0, 0.1) is 11.3 Å². The first-order chi connectivity index (χ1) is 12.5. The van der Waals surface area contributed by atoms with Crippen molar-refractivity contribution in [2.75, 3.05) is 0 Å². The normalized spacial score (nSPS) is 35.2. The lowest BCUT2D eigenvalue weighted by Crippen LogP contribution is -2.60. The van der Waals surface area contributed by atoms with E-state index in [1.165, 1.54) is 27.8 Å². The number of hydrogen-bond acceptors (Lipinski definition) is 2. The molecule has 2 nitrogen and oxygen atoms in total. The molecule has 3 aliphatic carbocycles. The predicted molar refractivity (Wildman–Crippen MR) is 106 cm³/mol. The van der Waals surface area contributed by atoms with Gasteiger partial charge in [0.1, 0.15) is 5.75 Å². The lowest BCUT2D eigenvalue weighted by molar-refractivity contribution is 0.0736. The number of phenolic OH excluding ortho intramolecular Hbond substituents is 1. The van der Waals surface area contributed by atoms with Crippen molar-refractivity contribution in [3.05, 3.63) is 70.8 Å². The van der Waals surface area contributed by atoms with Gasteiger partial charge in [-0.1, -0.05) is 48.9 Å². The molecular formula is C24H27NO. The summed E-state index contributed by atoms with van der Waals surface area (Å²) in [4.78, 5) is 0. The van der Waals surface area contributed by atoms with Gasteiger partial charge in [0, 0.05) is 16.9 Å². The van der Waals surface area contributed by atoms with E-state index >= 15 is 0 Å². The number of rotatable bonds is 1. The van der Waals surface area contributed by atoms with Gasteiger partial charge in [0.2, 0.25) is 0 Å². The quantitative estimate of drug-likeness (QED) is 0.779. The molecule has 0 amide bonds. The van der Waals surface area contributed by atoms with Crippen LogP contribution in [0.15, 0.2) is 54.1 Å². The number of phenols is 1. The smallest absolute Gasteiger partial charge is 0.115 e. The molecule has 2 aromatic rings. The first-order valence-electron chi connectivity index (χ1n) is 9.84. The topological polar surface area (TPSA) is 46.2 Å². The minimum Gasteiger partial charge on any atom is -0.508 e. The van der Waals surface area contributed by atoms with Gasteiger partial charge in [-0.2, -0.15) is 0 Å². The Morgan fingerprint density at radius 3 is 2.62 bits per heavy atom. The number of aryl methyl sites for hydroxylation is 1. The van der Waals surface area contributed by atoms with E-state index in [2.05, 4.69) is 50.2 Å². The highest BCUT2D eigenvalue weighted by atomic mass is 16.3. The van der Waals surface area contributed by atoms with Crippen LogP contribution in [0.5, 0.6) is 5.75 Å². The Labute approximate surface area is 155 Å². The maximum Gasteiger partial charge on any atom is 0.115 e. The number of benzene rings is 2. The molecule has 1 saturated carbocycles. The highest BCUT2D eigenvalue weighted by Gasteiger charge is 2.65. The summed E-state index contributed by atoms with van der Waals surface area (Å²) in [5.41, 5.74) is 14.0. The summed E-state index contributed by atoms with van der Waals surface area (Å²) >= 11 is 0. The van der Waals surface area contributed by atoms with Gasteiger partial charge in [0.25, 0.3) is 0 Å². The van der Waals surface area contributed by atoms with E-state index in [1.54, 1.807) is 0 Å². The zero-order valence-corrected chi connectivity index (χ0v) is 15.6. The van der Waals surface area contributed by atoms with E-state index in [1.807, 2.05) is 12.1 Å². The Hall–Kier alpha value is -2.06.